The van der Waals surface area contributed by atoms with Crippen LogP contribution >= 0.6 is 0 Å². The first-order valence-corrected chi connectivity index (χ1v) is 5.30. The maximum Gasteiger partial charge on any atom is 0.305 e. The largest absolute Gasteiger partial charge is 0.496 e. The van der Waals surface area contributed by atoms with E-state index in [-0.39, 0.29) is 17.7 Å². The molecule has 0 aromatic heterocycles. The highest BCUT2D eigenvalue weighted by Crippen LogP contribution is 2.19. The van der Waals surface area contributed by atoms with Crippen molar-refractivity contribution in [1.82, 2.24) is 5.32 Å². The van der Waals surface area contributed by atoms with Gasteiger partial charge in [0.05, 0.1) is 19.1 Å². The van der Waals surface area contributed by atoms with Crippen LogP contribution in [0.15, 0.2) is 18.2 Å². The van der Waals surface area contributed by atoms with Crippen molar-refractivity contribution in [2.45, 2.75) is 19.4 Å². The van der Waals surface area contributed by atoms with Crippen molar-refractivity contribution in [2.24, 2.45) is 0 Å². The molecule has 0 saturated heterocycles. The monoisotopic (exact) mass is 255 g/mol. The Labute approximate surface area is 104 Å². The minimum absolute atomic E-state index is 0.0368. The SMILES string of the molecule is COc1ccc(F)cc1C(=O)NC(C)CC(=O)O. The lowest BCUT2D eigenvalue weighted by Gasteiger charge is -2.13. The summed E-state index contributed by atoms with van der Waals surface area (Å²) in [5, 5.41) is 11.0. The summed E-state index contributed by atoms with van der Waals surface area (Å²) in [4.78, 5) is 22.3. The van der Waals surface area contributed by atoms with Crippen molar-refractivity contribution < 1.29 is 23.8 Å². The number of carbonyl (C=O) groups is 2. The predicted molar refractivity (Wildman–Crippen MR) is 62.1 cm³/mol. The molecule has 0 radical (unpaired) electrons. The Morgan fingerprint density at radius 2 is 2.17 bits per heavy atom. The van der Waals surface area contributed by atoms with Gasteiger partial charge >= 0.3 is 5.97 Å². The lowest BCUT2D eigenvalue weighted by molar-refractivity contribution is -0.137. The van der Waals surface area contributed by atoms with Gasteiger partial charge in [0.15, 0.2) is 0 Å². The molecule has 1 rings (SSSR count). The Bertz CT molecular complexity index is 461. The summed E-state index contributed by atoms with van der Waals surface area (Å²) in [6.45, 7) is 1.55. The number of hydrogen-bond acceptors (Lipinski definition) is 3. The molecule has 18 heavy (non-hydrogen) atoms. The second-order valence-electron chi connectivity index (χ2n) is 3.82. The molecule has 1 atom stereocenters. The van der Waals surface area contributed by atoms with E-state index in [9.17, 15) is 14.0 Å². The average molecular weight is 255 g/mol. The summed E-state index contributed by atoms with van der Waals surface area (Å²) < 4.78 is 18.0. The highest BCUT2D eigenvalue weighted by atomic mass is 19.1. The highest BCUT2D eigenvalue weighted by Gasteiger charge is 2.16. The zero-order valence-corrected chi connectivity index (χ0v) is 10.1. The van der Waals surface area contributed by atoms with Crippen molar-refractivity contribution in [3.63, 3.8) is 0 Å². The summed E-state index contributed by atoms with van der Waals surface area (Å²) in [6.07, 6.45) is -0.205. The standard InChI is InChI=1S/C12H14FNO4/c1-7(5-11(15)16)14-12(17)9-6-8(13)3-4-10(9)18-2/h3-4,6-7H,5H2,1-2H3,(H,14,17)(H,15,16). The van der Waals surface area contributed by atoms with Crippen LogP contribution in [0.25, 0.3) is 0 Å². The van der Waals surface area contributed by atoms with Crippen LogP contribution in [-0.4, -0.2) is 30.1 Å². The minimum atomic E-state index is -1.02. The molecular formula is C12H14FNO4. The number of carboxylic acids is 1. The van der Waals surface area contributed by atoms with Gasteiger partial charge in [-0.15, -0.1) is 0 Å². The van der Waals surface area contributed by atoms with Crippen molar-refractivity contribution in [3.05, 3.63) is 29.6 Å². The number of ether oxygens (including phenoxy) is 1. The van der Waals surface area contributed by atoms with Gasteiger partial charge in [0, 0.05) is 6.04 Å². The molecule has 0 bridgehead atoms. The number of methoxy groups -OCH3 is 1. The Kier molecular flexibility index (Phi) is 4.65. The van der Waals surface area contributed by atoms with Gasteiger partial charge in [0.2, 0.25) is 0 Å². The van der Waals surface area contributed by atoms with E-state index in [1.54, 1.807) is 6.92 Å². The van der Waals surface area contributed by atoms with Crippen molar-refractivity contribution >= 4 is 11.9 Å². The van der Waals surface area contributed by atoms with Crippen LogP contribution in [0.4, 0.5) is 4.39 Å². The van der Waals surface area contributed by atoms with Crippen molar-refractivity contribution in [1.29, 1.82) is 0 Å². The zero-order chi connectivity index (χ0) is 13.7. The van der Waals surface area contributed by atoms with Gasteiger partial charge in [0.25, 0.3) is 5.91 Å². The van der Waals surface area contributed by atoms with Gasteiger partial charge in [-0.1, -0.05) is 0 Å². The van der Waals surface area contributed by atoms with Crippen molar-refractivity contribution in [3.8, 4) is 5.75 Å². The summed E-state index contributed by atoms with van der Waals surface area (Å²) in [6, 6.07) is 3.01. The molecule has 5 nitrogen and oxygen atoms in total. The molecule has 0 aliphatic rings. The van der Waals surface area contributed by atoms with E-state index >= 15 is 0 Å². The van der Waals surface area contributed by atoms with E-state index in [1.807, 2.05) is 0 Å². The molecule has 1 amide bonds. The molecule has 1 aromatic carbocycles. The van der Waals surface area contributed by atoms with E-state index in [2.05, 4.69) is 5.32 Å². The van der Waals surface area contributed by atoms with E-state index in [0.29, 0.717) is 0 Å². The molecule has 0 spiro atoms. The number of carbonyl (C=O) groups excluding carboxylic acids is 1. The second kappa shape index (κ2) is 6.00. The van der Waals surface area contributed by atoms with E-state index in [4.69, 9.17) is 9.84 Å². The van der Waals surface area contributed by atoms with Crippen LogP contribution in [0.1, 0.15) is 23.7 Å². The summed E-state index contributed by atoms with van der Waals surface area (Å²) in [5.41, 5.74) is 0.0368. The molecule has 0 fully saturated rings. The van der Waals surface area contributed by atoms with Gasteiger partial charge in [0.1, 0.15) is 11.6 Å². The Morgan fingerprint density at radius 1 is 1.50 bits per heavy atom. The lowest BCUT2D eigenvalue weighted by atomic mass is 10.1. The third-order valence-electron chi connectivity index (χ3n) is 2.26. The molecule has 0 saturated carbocycles. The second-order valence-corrected chi connectivity index (χ2v) is 3.82. The maximum absolute atomic E-state index is 13.1. The van der Waals surface area contributed by atoms with Crippen LogP contribution in [-0.2, 0) is 4.79 Å². The van der Waals surface area contributed by atoms with Crippen LogP contribution in [0.2, 0.25) is 0 Å². The molecule has 98 valence electrons. The number of aliphatic carboxylic acids is 1. The minimum Gasteiger partial charge on any atom is -0.496 e. The smallest absolute Gasteiger partial charge is 0.305 e. The molecular weight excluding hydrogens is 241 g/mol. The number of carboxylic acid groups (broad SMARTS) is 1. The van der Waals surface area contributed by atoms with Crippen LogP contribution < -0.4 is 10.1 Å². The quantitative estimate of drug-likeness (QED) is 0.834. The number of nitrogens with one attached hydrogen (secondary N) is 1. The number of halogens is 1. The lowest BCUT2D eigenvalue weighted by Crippen LogP contribution is -2.34. The third-order valence-corrected chi connectivity index (χ3v) is 2.26. The Hall–Kier alpha value is -2.11. The zero-order valence-electron chi connectivity index (χ0n) is 10.1. The first kappa shape index (κ1) is 14.0. The third kappa shape index (κ3) is 3.73. The molecule has 1 aromatic rings. The van der Waals surface area contributed by atoms with Gasteiger partial charge in [-0.25, -0.2) is 4.39 Å². The molecule has 0 aliphatic carbocycles. The van der Waals surface area contributed by atoms with Gasteiger partial charge in [-0.05, 0) is 25.1 Å². The average Bonchev–Trinajstić information content (AvgIpc) is 2.27. The summed E-state index contributed by atoms with van der Waals surface area (Å²) >= 11 is 0. The van der Waals surface area contributed by atoms with Crippen LogP contribution in [0.5, 0.6) is 5.75 Å². The Morgan fingerprint density at radius 3 is 2.72 bits per heavy atom. The van der Waals surface area contributed by atoms with Gasteiger partial charge < -0.3 is 15.2 Å². The van der Waals surface area contributed by atoms with E-state index < -0.39 is 23.7 Å². The number of hydrogen-bond donors (Lipinski definition) is 2. The molecule has 6 heteroatoms. The maximum atomic E-state index is 13.1. The molecule has 0 aliphatic heterocycles. The summed E-state index contributed by atoms with van der Waals surface area (Å²) in [5.74, 6) is -1.92. The van der Waals surface area contributed by atoms with Crippen LogP contribution in [0, 0.1) is 5.82 Å². The van der Waals surface area contributed by atoms with Gasteiger partial charge in [-0.3, -0.25) is 9.59 Å². The normalized spacial score (nSPS) is 11.7. The first-order valence-electron chi connectivity index (χ1n) is 5.30. The number of rotatable bonds is 5. The van der Waals surface area contributed by atoms with E-state index in [0.717, 1.165) is 6.07 Å². The van der Waals surface area contributed by atoms with Gasteiger partial charge in [-0.2, -0.15) is 0 Å². The predicted octanol–water partition coefficient (Wildman–Crippen LogP) is 1.43. The fraction of sp³-hybridized carbons (Fsp3) is 0.333. The van der Waals surface area contributed by atoms with E-state index in [1.165, 1.54) is 19.2 Å². The molecule has 1 unspecified atom stereocenters. The molecule has 0 heterocycles. The Balaban J connectivity index is 2.83. The number of amides is 1. The summed E-state index contributed by atoms with van der Waals surface area (Å²) in [7, 11) is 1.37. The number of benzene rings is 1. The highest BCUT2D eigenvalue weighted by molar-refractivity contribution is 5.97. The molecule has 2 N–H and O–H groups in total. The fourth-order valence-corrected chi connectivity index (χ4v) is 1.47. The topological polar surface area (TPSA) is 75.6 Å². The fourth-order valence-electron chi connectivity index (χ4n) is 1.47. The van der Waals surface area contributed by atoms with Crippen LogP contribution in [0.3, 0.4) is 0 Å². The first-order chi connectivity index (χ1) is 8.43. The van der Waals surface area contributed by atoms with Crippen molar-refractivity contribution in [2.75, 3.05) is 7.11 Å².